The predicted octanol–water partition coefficient (Wildman–Crippen LogP) is 5.87. The highest BCUT2D eigenvalue weighted by molar-refractivity contribution is 6.23. The van der Waals surface area contributed by atoms with E-state index in [1.165, 1.54) is 10.5 Å². The van der Waals surface area contributed by atoms with Crippen LogP contribution in [0.5, 0.6) is 0 Å². The lowest BCUT2D eigenvalue weighted by Gasteiger charge is -2.40. The Morgan fingerprint density at radius 1 is 1.00 bits per heavy atom. The van der Waals surface area contributed by atoms with Crippen LogP contribution in [0.2, 0.25) is 0 Å². The van der Waals surface area contributed by atoms with Gasteiger partial charge in [0.15, 0.2) is 5.54 Å². The van der Waals surface area contributed by atoms with Crippen molar-refractivity contribution in [3.05, 3.63) is 101 Å². The van der Waals surface area contributed by atoms with E-state index in [9.17, 15) is 9.59 Å². The molecule has 3 aromatic carbocycles. The number of aromatic amines is 1. The minimum Gasteiger partial charge on any atom is -0.356 e. The Bertz CT molecular complexity index is 1450. The van der Waals surface area contributed by atoms with Crippen molar-refractivity contribution in [3.8, 4) is 0 Å². The third-order valence-corrected chi connectivity index (χ3v) is 7.58. The van der Waals surface area contributed by atoms with E-state index in [1.54, 1.807) is 4.90 Å². The van der Waals surface area contributed by atoms with Crippen LogP contribution in [-0.4, -0.2) is 28.4 Å². The lowest BCUT2D eigenvalue weighted by atomic mass is 9.78. The molecule has 0 saturated carbocycles. The number of imide groups is 1. The molecule has 34 heavy (non-hydrogen) atoms. The van der Waals surface area contributed by atoms with Gasteiger partial charge in [-0.15, -0.1) is 0 Å². The molecule has 1 aromatic heterocycles. The fraction of sp³-hybridized carbons (Fsp3) is 0.241. The number of nitrogens with one attached hydrogen (secondary N) is 1. The van der Waals surface area contributed by atoms with Crippen molar-refractivity contribution < 1.29 is 9.59 Å². The van der Waals surface area contributed by atoms with Gasteiger partial charge in [0.05, 0.1) is 11.4 Å². The van der Waals surface area contributed by atoms with Crippen molar-refractivity contribution in [2.24, 2.45) is 0 Å². The normalized spacial score (nSPS) is 21.8. The molecule has 5 nitrogen and oxygen atoms in total. The quantitative estimate of drug-likeness (QED) is 0.398. The number of anilines is 1. The van der Waals surface area contributed by atoms with Gasteiger partial charge in [-0.3, -0.25) is 4.79 Å². The number of hydrogen-bond acceptors (Lipinski definition) is 2. The Balaban J connectivity index is 1.57. The molecule has 170 valence electrons. The largest absolute Gasteiger partial charge is 0.356 e. The van der Waals surface area contributed by atoms with E-state index in [-0.39, 0.29) is 17.9 Å². The topological polar surface area (TPSA) is 56.4 Å². The lowest BCUT2D eigenvalue weighted by molar-refractivity contribution is -0.125. The van der Waals surface area contributed by atoms with Gasteiger partial charge in [-0.2, -0.15) is 0 Å². The summed E-state index contributed by atoms with van der Waals surface area (Å²) in [5.41, 5.74) is 5.89. The highest BCUT2D eigenvalue weighted by Gasteiger charge is 2.60. The smallest absolute Gasteiger partial charge is 0.332 e. The van der Waals surface area contributed by atoms with Crippen LogP contribution in [0.25, 0.3) is 10.9 Å². The number of nitrogens with zero attached hydrogens (tertiary/aromatic N) is 2. The second-order valence-corrected chi connectivity index (χ2v) is 9.55. The molecule has 1 saturated heterocycles. The fourth-order valence-electron chi connectivity index (χ4n) is 5.67. The summed E-state index contributed by atoms with van der Waals surface area (Å²) < 4.78 is 0. The molecular formula is C29H27N3O2. The molecule has 2 atom stereocenters. The number of fused-ring (bicyclic) bond motifs is 5. The maximum absolute atomic E-state index is 14.0. The van der Waals surface area contributed by atoms with Crippen LogP contribution in [0.15, 0.2) is 72.8 Å². The van der Waals surface area contributed by atoms with Crippen molar-refractivity contribution in [2.45, 2.75) is 38.6 Å². The van der Waals surface area contributed by atoms with Crippen LogP contribution in [0.3, 0.4) is 0 Å². The van der Waals surface area contributed by atoms with E-state index in [0.29, 0.717) is 12.2 Å². The molecule has 0 bridgehead atoms. The van der Waals surface area contributed by atoms with Crippen LogP contribution in [0, 0.1) is 6.92 Å². The minimum atomic E-state index is -1.09. The maximum Gasteiger partial charge on any atom is 0.332 e. The monoisotopic (exact) mass is 449 g/mol. The van der Waals surface area contributed by atoms with Crippen molar-refractivity contribution >= 4 is 28.5 Å². The summed E-state index contributed by atoms with van der Waals surface area (Å²) in [4.78, 5) is 34.4. The molecular weight excluding hydrogens is 422 g/mol. The highest BCUT2D eigenvalue weighted by atomic mass is 16.2. The van der Waals surface area contributed by atoms with Crippen molar-refractivity contribution in [1.29, 1.82) is 0 Å². The number of aryl methyl sites for hydroxylation is 2. The number of para-hydroxylation sites is 1. The third kappa shape index (κ3) is 2.73. The second kappa shape index (κ2) is 7.32. The van der Waals surface area contributed by atoms with Crippen LogP contribution in [0.1, 0.15) is 47.7 Å². The molecule has 0 aliphatic carbocycles. The van der Waals surface area contributed by atoms with E-state index in [1.807, 2.05) is 56.3 Å². The van der Waals surface area contributed by atoms with Gasteiger partial charge in [-0.1, -0.05) is 61.5 Å². The summed E-state index contributed by atoms with van der Waals surface area (Å²) in [5, 5.41) is 1.11. The Labute approximate surface area is 199 Å². The summed E-state index contributed by atoms with van der Waals surface area (Å²) in [6.07, 6.45) is 0.978. The summed E-state index contributed by atoms with van der Waals surface area (Å²) >= 11 is 0. The van der Waals surface area contributed by atoms with Crippen LogP contribution < -0.4 is 4.90 Å². The van der Waals surface area contributed by atoms with E-state index in [4.69, 9.17) is 0 Å². The van der Waals surface area contributed by atoms with E-state index < -0.39 is 5.54 Å². The zero-order chi connectivity index (χ0) is 23.6. The van der Waals surface area contributed by atoms with Gasteiger partial charge < -0.3 is 9.88 Å². The first-order chi connectivity index (χ1) is 16.4. The average Bonchev–Trinajstić information content (AvgIpc) is 3.33. The summed E-state index contributed by atoms with van der Waals surface area (Å²) in [5.74, 6) is -0.241. The van der Waals surface area contributed by atoms with Crippen LogP contribution in [-0.2, 0) is 16.8 Å². The number of carbonyl (C=O) groups is 2. The Morgan fingerprint density at radius 3 is 2.50 bits per heavy atom. The highest BCUT2D eigenvalue weighted by Crippen LogP contribution is 2.50. The second-order valence-electron chi connectivity index (χ2n) is 9.55. The van der Waals surface area contributed by atoms with Crippen molar-refractivity contribution in [3.63, 3.8) is 0 Å². The molecule has 0 radical (unpaired) electrons. The van der Waals surface area contributed by atoms with Gasteiger partial charge in [-0.25, -0.2) is 9.69 Å². The zero-order valence-electron chi connectivity index (χ0n) is 19.6. The van der Waals surface area contributed by atoms with E-state index in [2.05, 4.69) is 42.2 Å². The molecule has 2 aliphatic heterocycles. The molecule has 5 heteroatoms. The van der Waals surface area contributed by atoms with Crippen molar-refractivity contribution in [2.75, 3.05) is 11.4 Å². The van der Waals surface area contributed by atoms with Crippen LogP contribution >= 0.6 is 0 Å². The zero-order valence-corrected chi connectivity index (χ0v) is 19.6. The van der Waals surface area contributed by atoms with Gasteiger partial charge in [0.2, 0.25) is 0 Å². The van der Waals surface area contributed by atoms with Crippen molar-refractivity contribution in [1.82, 2.24) is 9.88 Å². The maximum atomic E-state index is 14.0. The Kier molecular flexibility index (Phi) is 4.46. The SMILES string of the molecule is CCc1ccc(C2CN3C(=O)N(c4cccc(C)c4)C(=O)[C@]3(C)c3[nH]c4ccccc4c32)cc1. The molecule has 0 spiro atoms. The Morgan fingerprint density at radius 2 is 1.76 bits per heavy atom. The number of urea groups is 1. The molecule has 6 rings (SSSR count). The molecule has 1 unspecified atom stereocenters. The predicted molar refractivity (Wildman–Crippen MR) is 134 cm³/mol. The average molecular weight is 450 g/mol. The molecule has 1 fully saturated rings. The molecule has 3 amide bonds. The lowest BCUT2D eigenvalue weighted by Crippen LogP contribution is -2.50. The first-order valence-corrected chi connectivity index (χ1v) is 11.9. The number of H-pyrrole nitrogens is 1. The summed E-state index contributed by atoms with van der Waals surface area (Å²) in [7, 11) is 0. The molecule has 1 N–H and O–H groups in total. The van der Waals surface area contributed by atoms with Gasteiger partial charge in [0.25, 0.3) is 5.91 Å². The molecule has 3 heterocycles. The van der Waals surface area contributed by atoms with Gasteiger partial charge in [0.1, 0.15) is 0 Å². The van der Waals surface area contributed by atoms with Gasteiger partial charge in [-0.05, 0) is 60.7 Å². The third-order valence-electron chi connectivity index (χ3n) is 7.58. The van der Waals surface area contributed by atoms with E-state index >= 15 is 0 Å². The fourth-order valence-corrected chi connectivity index (χ4v) is 5.67. The number of aromatic nitrogens is 1. The van der Waals surface area contributed by atoms with Gasteiger partial charge in [0, 0.05) is 23.4 Å². The molecule has 4 aromatic rings. The summed E-state index contributed by atoms with van der Waals surface area (Å²) in [6.45, 7) is 6.44. The summed E-state index contributed by atoms with van der Waals surface area (Å²) in [6, 6.07) is 24.1. The minimum absolute atomic E-state index is 0.0284. The first-order valence-electron chi connectivity index (χ1n) is 11.9. The Hall–Kier alpha value is -3.86. The number of hydrogen-bond donors (Lipinski definition) is 1. The number of carbonyl (C=O) groups excluding carboxylic acids is 2. The van der Waals surface area contributed by atoms with E-state index in [0.717, 1.165) is 39.7 Å². The van der Waals surface area contributed by atoms with Crippen LogP contribution in [0.4, 0.5) is 10.5 Å². The number of benzene rings is 3. The molecule has 2 aliphatic rings. The number of amides is 3. The number of rotatable bonds is 3. The first kappa shape index (κ1) is 20.7. The van der Waals surface area contributed by atoms with Gasteiger partial charge >= 0.3 is 6.03 Å². The standard InChI is InChI=1S/C29H27N3O2/c1-4-19-12-14-20(15-13-19)23-17-31-28(34)32(21-9-7-8-18(2)16-21)27(33)29(31,3)26-25(23)22-10-5-6-11-24(22)30-26/h5-16,23,30H,4,17H2,1-3H3/t23?,29-/m0/s1.